The predicted molar refractivity (Wildman–Crippen MR) is 44.0 cm³/mol. The molecule has 0 radical (unpaired) electrons. The van der Waals surface area contributed by atoms with Crippen LogP contribution in [0.25, 0.3) is 0 Å². The highest BCUT2D eigenvalue weighted by atomic mass is 32.1. The number of hydrogen-bond donors (Lipinski definition) is 0. The first-order chi connectivity index (χ1) is 3.93. The van der Waals surface area contributed by atoms with Crippen LogP contribution in [0.15, 0.2) is 24.4 Å². The molecule has 1 nitrogen and oxygen atoms in total. The van der Waals surface area contributed by atoms with Gasteiger partial charge in [0.1, 0.15) is 0 Å². The molecule has 0 fully saturated rings. The molecule has 9 heavy (non-hydrogen) atoms. The Kier molecular flexibility index (Phi) is 4.14. The van der Waals surface area contributed by atoms with Crippen LogP contribution in [-0.2, 0) is 6.42 Å². The average Bonchev–Trinajstić information content (AvgIpc) is 1.90. The molecule has 0 amide bonds. The fraction of sp³-hybridized carbons (Fsp3) is 0.286. The van der Waals surface area contributed by atoms with Gasteiger partial charge in [-0.25, -0.2) is 0 Å². The monoisotopic (exact) mass is 141 g/mol. The lowest BCUT2D eigenvalue weighted by molar-refractivity contribution is 1.04. The number of rotatable bonds is 1. The molecule has 0 aromatic carbocycles. The Morgan fingerprint density at radius 3 is 2.56 bits per heavy atom. The van der Waals surface area contributed by atoms with E-state index in [-0.39, 0.29) is 13.5 Å². The highest BCUT2D eigenvalue weighted by molar-refractivity contribution is 7.59. The van der Waals surface area contributed by atoms with Gasteiger partial charge >= 0.3 is 0 Å². The molecule has 0 atom stereocenters. The number of pyridine rings is 1. The Bertz CT molecular complexity index is 150. The first-order valence-electron chi connectivity index (χ1n) is 2.83. The summed E-state index contributed by atoms with van der Waals surface area (Å²) in [5, 5.41) is 0. The lowest BCUT2D eigenvalue weighted by Crippen LogP contribution is -1.81. The Balaban J connectivity index is 0.000000640. The largest absolute Gasteiger partial charge is 0.261 e. The van der Waals surface area contributed by atoms with Crippen LogP contribution in [0.5, 0.6) is 0 Å². The van der Waals surface area contributed by atoms with Crippen molar-refractivity contribution in [1.29, 1.82) is 0 Å². The summed E-state index contributed by atoms with van der Waals surface area (Å²) in [4.78, 5) is 4.10. The van der Waals surface area contributed by atoms with Gasteiger partial charge in [0.25, 0.3) is 0 Å². The molecule has 0 unspecified atom stereocenters. The van der Waals surface area contributed by atoms with Gasteiger partial charge in [-0.3, -0.25) is 4.98 Å². The first kappa shape index (κ1) is 8.50. The SMILES string of the molecule is CCc1ccccn1.S. The molecule has 0 saturated heterocycles. The molecule has 0 aliphatic heterocycles. The van der Waals surface area contributed by atoms with E-state index in [0.29, 0.717) is 0 Å². The van der Waals surface area contributed by atoms with Crippen LogP contribution in [0.2, 0.25) is 0 Å². The van der Waals surface area contributed by atoms with Crippen molar-refractivity contribution in [3.8, 4) is 0 Å². The van der Waals surface area contributed by atoms with Gasteiger partial charge in [-0.2, -0.15) is 13.5 Å². The fourth-order valence-electron chi connectivity index (χ4n) is 0.607. The van der Waals surface area contributed by atoms with E-state index < -0.39 is 0 Å². The molecule has 0 aliphatic carbocycles. The van der Waals surface area contributed by atoms with E-state index in [1.165, 1.54) is 0 Å². The Morgan fingerprint density at radius 1 is 1.44 bits per heavy atom. The second kappa shape index (κ2) is 4.39. The van der Waals surface area contributed by atoms with Gasteiger partial charge in [-0.1, -0.05) is 13.0 Å². The number of aromatic nitrogens is 1. The second-order valence-electron chi connectivity index (χ2n) is 1.67. The molecular weight excluding hydrogens is 130 g/mol. The minimum Gasteiger partial charge on any atom is -0.261 e. The fourth-order valence-corrected chi connectivity index (χ4v) is 0.607. The summed E-state index contributed by atoms with van der Waals surface area (Å²) in [6, 6.07) is 5.96. The standard InChI is InChI=1S/C7H9N.H2S/c1-2-7-5-3-4-6-8-7;/h3-6H,2H2,1H3;1H2. The van der Waals surface area contributed by atoms with E-state index >= 15 is 0 Å². The quantitative estimate of drug-likeness (QED) is 0.580. The normalized spacial score (nSPS) is 8.11. The van der Waals surface area contributed by atoms with Crippen LogP contribution in [0.1, 0.15) is 12.6 Å². The van der Waals surface area contributed by atoms with Crippen molar-refractivity contribution in [1.82, 2.24) is 4.98 Å². The first-order valence-corrected chi connectivity index (χ1v) is 2.83. The van der Waals surface area contributed by atoms with E-state index in [0.717, 1.165) is 12.1 Å². The summed E-state index contributed by atoms with van der Waals surface area (Å²) >= 11 is 0. The minimum absolute atomic E-state index is 0. The summed E-state index contributed by atoms with van der Waals surface area (Å²) in [6.07, 6.45) is 2.85. The van der Waals surface area contributed by atoms with Gasteiger partial charge in [-0.15, -0.1) is 0 Å². The number of aryl methyl sites for hydroxylation is 1. The van der Waals surface area contributed by atoms with E-state index in [4.69, 9.17) is 0 Å². The predicted octanol–water partition coefficient (Wildman–Crippen LogP) is 1.76. The molecule has 0 spiro atoms. The van der Waals surface area contributed by atoms with Crippen LogP contribution in [0.4, 0.5) is 0 Å². The molecule has 2 heteroatoms. The van der Waals surface area contributed by atoms with Crippen molar-refractivity contribution < 1.29 is 0 Å². The Hall–Kier alpha value is -0.500. The average molecular weight is 141 g/mol. The molecule has 1 rings (SSSR count). The molecule has 50 valence electrons. The summed E-state index contributed by atoms with van der Waals surface area (Å²) < 4.78 is 0. The molecule has 0 aliphatic rings. The second-order valence-corrected chi connectivity index (χ2v) is 1.67. The van der Waals surface area contributed by atoms with Crippen molar-refractivity contribution in [2.24, 2.45) is 0 Å². The zero-order valence-electron chi connectivity index (χ0n) is 5.46. The van der Waals surface area contributed by atoms with Gasteiger partial charge in [0.05, 0.1) is 0 Å². The van der Waals surface area contributed by atoms with Gasteiger partial charge in [0, 0.05) is 11.9 Å². The highest BCUT2D eigenvalue weighted by Crippen LogP contribution is 1.91. The van der Waals surface area contributed by atoms with Gasteiger partial charge < -0.3 is 0 Å². The number of hydrogen-bond acceptors (Lipinski definition) is 1. The molecule has 1 aromatic heterocycles. The van der Waals surface area contributed by atoms with Gasteiger partial charge in [0.2, 0.25) is 0 Å². The zero-order chi connectivity index (χ0) is 5.82. The maximum absolute atomic E-state index is 4.10. The van der Waals surface area contributed by atoms with Crippen LogP contribution < -0.4 is 0 Å². The third-order valence-corrected chi connectivity index (χ3v) is 1.09. The number of nitrogens with zero attached hydrogens (tertiary/aromatic N) is 1. The summed E-state index contributed by atoms with van der Waals surface area (Å²) in [5.41, 5.74) is 1.16. The minimum atomic E-state index is 0. The van der Waals surface area contributed by atoms with E-state index in [1.807, 2.05) is 24.4 Å². The van der Waals surface area contributed by atoms with Crippen LogP contribution >= 0.6 is 13.5 Å². The lowest BCUT2D eigenvalue weighted by atomic mass is 10.3. The van der Waals surface area contributed by atoms with E-state index in [9.17, 15) is 0 Å². The summed E-state index contributed by atoms with van der Waals surface area (Å²) in [5.74, 6) is 0. The highest BCUT2D eigenvalue weighted by Gasteiger charge is 1.81. The molecule has 0 N–H and O–H groups in total. The third-order valence-electron chi connectivity index (χ3n) is 1.09. The van der Waals surface area contributed by atoms with Crippen LogP contribution in [0.3, 0.4) is 0 Å². The molecule has 1 heterocycles. The maximum atomic E-state index is 4.10. The summed E-state index contributed by atoms with van der Waals surface area (Å²) in [7, 11) is 0. The molecule has 1 aromatic rings. The Labute approximate surface area is 62.6 Å². The van der Waals surface area contributed by atoms with Crippen molar-refractivity contribution in [3.05, 3.63) is 30.1 Å². The van der Waals surface area contributed by atoms with Crippen LogP contribution in [-0.4, -0.2) is 4.98 Å². The molecular formula is C7H11NS. The van der Waals surface area contributed by atoms with Crippen molar-refractivity contribution in [2.75, 3.05) is 0 Å². The van der Waals surface area contributed by atoms with Crippen LogP contribution in [0, 0.1) is 0 Å². The molecule has 0 saturated carbocycles. The van der Waals surface area contributed by atoms with E-state index in [2.05, 4.69) is 11.9 Å². The van der Waals surface area contributed by atoms with Crippen molar-refractivity contribution in [3.63, 3.8) is 0 Å². The smallest absolute Gasteiger partial charge is 0.0400 e. The van der Waals surface area contributed by atoms with Gasteiger partial charge in [-0.05, 0) is 18.6 Å². The lowest BCUT2D eigenvalue weighted by Gasteiger charge is -1.88. The topological polar surface area (TPSA) is 12.9 Å². The van der Waals surface area contributed by atoms with Crippen molar-refractivity contribution in [2.45, 2.75) is 13.3 Å². The Morgan fingerprint density at radius 2 is 2.22 bits per heavy atom. The van der Waals surface area contributed by atoms with Gasteiger partial charge in [0.15, 0.2) is 0 Å². The third kappa shape index (κ3) is 2.51. The molecule has 0 bridgehead atoms. The van der Waals surface area contributed by atoms with E-state index in [1.54, 1.807) is 0 Å². The summed E-state index contributed by atoms with van der Waals surface area (Å²) in [6.45, 7) is 2.10. The maximum Gasteiger partial charge on any atom is 0.0400 e. The zero-order valence-corrected chi connectivity index (χ0v) is 6.46. The van der Waals surface area contributed by atoms with Crippen molar-refractivity contribution >= 4 is 13.5 Å².